The van der Waals surface area contributed by atoms with Gasteiger partial charge in [-0.05, 0) is 13.3 Å². The van der Waals surface area contributed by atoms with Gasteiger partial charge >= 0.3 is 0 Å². The van der Waals surface area contributed by atoms with Gasteiger partial charge in [0.2, 0.25) is 11.8 Å². The molecule has 2 heterocycles. The number of nitrogens with one attached hydrogen (secondary N) is 1. The zero-order chi connectivity index (χ0) is 13.8. The lowest BCUT2D eigenvalue weighted by Gasteiger charge is -2.34. The monoisotopic (exact) mass is 265 g/mol. The van der Waals surface area contributed by atoms with E-state index in [9.17, 15) is 4.79 Å². The number of amides is 1. The second-order valence-corrected chi connectivity index (χ2v) is 4.42. The normalized spacial score (nSPS) is 19.2. The molecular weight excluding hydrogens is 246 g/mol. The molecule has 0 bridgehead atoms. The van der Waals surface area contributed by atoms with Gasteiger partial charge in [-0.2, -0.15) is 4.98 Å². The second kappa shape index (κ2) is 5.73. The number of hydrogen-bond acceptors (Lipinski definition) is 6. The van der Waals surface area contributed by atoms with Crippen LogP contribution in [-0.4, -0.2) is 41.6 Å². The fraction of sp³-hybridized carbons (Fsp3) is 0.583. The van der Waals surface area contributed by atoms with Crippen molar-refractivity contribution in [2.45, 2.75) is 26.3 Å². The number of piperazine rings is 1. The Morgan fingerprint density at radius 2 is 2.37 bits per heavy atom. The van der Waals surface area contributed by atoms with Crippen LogP contribution in [0.4, 0.5) is 11.5 Å². The Labute approximate surface area is 112 Å². The number of carbonyl (C=O) groups excluding carboxylic acids is 1. The summed E-state index contributed by atoms with van der Waals surface area (Å²) >= 11 is 0. The number of nitrogen functional groups attached to an aromatic ring is 1. The number of nitrogens with zero attached hydrogens (tertiary/aromatic N) is 3. The van der Waals surface area contributed by atoms with Crippen molar-refractivity contribution in [2.24, 2.45) is 0 Å². The van der Waals surface area contributed by atoms with Gasteiger partial charge in [0.1, 0.15) is 18.1 Å². The number of carbonyl (C=O) groups is 1. The van der Waals surface area contributed by atoms with Crippen molar-refractivity contribution < 1.29 is 9.53 Å². The molecule has 1 saturated heterocycles. The molecule has 1 unspecified atom stereocenters. The van der Waals surface area contributed by atoms with Crippen LogP contribution in [0.15, 0.2) is 6.33 Å². The Bertz CT molecular complexity index is 465. The molecule has 0 saturated carbocycles. The van der Waals surface area contributed by atoms with Gasteiger partial charge in [0.05, 0.1) is 6.61 Å². The third kappa shape index (κ3) is 2.69. The first-order valence-corrected chi connectivity index (χ1v) is 6.42. The number of anilines is 2. The Morgan fingerprint density at radius 3 is 3.11 bits per heavy atom. The van der Waals surface area contributed by atoms with Crippen molar-refractivity contribution in [1.29, 1.82) is 0 Å². The molecule has 1 fully saturated rings. The van der Waals surface area contributed by atoms with Crippen molar-refractivity contribution >= 4 is 17.4 Å². The van der Waals surface area contributed by atoms with Crippen LogP contribution in [0, 0.1) is 0 Å². The minimum atomic E-state index is -0.301. The Hall–Kier alpha value is -2.05. The maximum absolute atomic E-state index is 11.7. The number of ether oxygens (including phenoxy) is 1. The minimum Gasteiger partial charge on any atom is -0.476 e. The summed E-state index contributed by atoms with van der Waals surface area (Å²) in [5, 5.41) is 2.80. The highest BCUT2D eigenvalue weighted by molar-refractivity contribution is 5.87. The van der Waals surface area contributed by atoms with Crippen LogP contribution in [0.2, 0.25) is 0 Å². The highest BCUT2D eigenvalue weighted by atomic mass is 16.5. The van der Waals surface area contributed by atoms with Gasteiger partial charge in [-0.1, -0.05) is 6.92 Å². The fourth-order valence-electron chi connectivity index (χ4n) is 1.99. The first-order valence-electron chi connectivity index (χ1n) is 6.42. The van der Waals surface area contributed by atoms with Crippen molar-refractivity contribution in [3.8, 4) is 5.88 Å². The van der Waals surface area contributed by atoms with Gasteiger partial charge in [0, 0.05) is 13.1 Å². The molecule has 7 nitrogen and oxygen atoms in total. The molecule has 1 aromatic rings. The molecule has 104 valence electrons. The molecule has 1 aliphatic rings. The first-order chi connectivity index (χ1) is 9.15. The molecule has 0 spiro atoms. The van der Waals surface area contributed by atoms with E-state index < -0.39 is 0 Å². The first kappa shape index (κ1) is 13.4. The molecule has 7 heteroatoms. The minimum absolute atomic E-state index is 0.0275. The van der Waals surface area contributed by atoms with Crippen LogP contribution >= 0.6 is 0 Å². The third-order valence-corrected chi connectivity index (χ3v) is 3.04. The van der Waals surface area contributed by atoms with E-state index in [2.05, 4.69) is 15.3 Å². The summed E-state index contributed by atoms with van der Waals surface area (Å²) in [6.07, 6.45) is 2.29. The quantitative estimate of drug-likeness (QED) is 0.806. The van der Waals surface area contributed by atoms with E-state index in [1.807, 2.05) is 18.7 Å². The number of aromatic nitrogens is 2. The van der Waals surface area contributed by atoms with Gasteiger partial charge in [0.25, 0.3) is 0 Å². The maximum atomic E-state index is 11.7. The summed E-state index contributed by atoms with van der Waals surface area (Å²) in [5.41, 5.74) is 6.43. The molecule has 1 aliphatic heterocycles. The lowest BCUT2D eigenvalue weighted by atomic mass is 10.2. The summed E-state index contributed by atoms with van der Waals surface area (Å²) in [6.45, 7) is 5.63. The highest BCUT2D eigenvalue weighted by Gasteiger charge is 2.28. The Morgan fingerprint density at radius 1 is 1.58 bits per heavy atom. The van der Waals surface area contributed by atoms with Crippen LogP contribution < -0.4 is 20.7 Å². The maximum Gasteiger partial charge on any atom is 0.242 e. The van der Waals surface area contributed by atoms with Crippen LogP contribution in [0.25, 0.3) is 0 Å². The zero-order valence-electron chi connectivity index (χ0n) is 11.2. The van der Waals surface area contributed by atoms with Crippen molar-refractivity contribution in [1.82, 2.24) is 15.3 Å². The van der Waals surface area contributed by atoms with Crippen molar-refractivity contribution in [2.75, 3.05) is 30.3 Å². The molecule has 0 aromatic carbocycles. The number of hydrogen-bond donors (Lipinski definition) is 2. The Balaban J connectivity index is 2.26. The predicted octanol–water partition coefficient (Wildman–Crippen LogP) is 0.172. The summed E-state index contributed by atoms with van der Waals surface area (Å²) in [5.74, 6) is 0.911. The van der Waals surface area contributed by atoms with Crippen LogP contribution in [-0.2, 0) is 4.79 Å². The largest absolute Gasteiger partial charge is 0.476 e. The van der Waals surface area contributed by atoms with E-state index in [-0.39, 0.29) is 11.9 Å². The van der Waals surface area contributed by atoms with E-state index in [0.29, 0.717) is 37.1 Å². The lowest BCUT2D eigenvalue weighted by Crippen LogP contribution is -2.54. The molecular formula is C12H19N5O2. The molecule has 3 N–H and O–H groups in total. The smallest absolute Gasteiger partial charge is 0.242 e. The summed E-state index contributed by atoms with van der Waals surface area (Å²) < 4.78 is 5.48. The predicted molar refractivity (Wildman–Crippen MR) is 72.0 cm³/mol. The van der Waals surface area contributed by atoms with Crippen LogP contribution in [0.5, 0.6) is 5.88 Å². The summed E-state index contributed by atoms with van der Waals surface area (Å²) in [7, 11) is 0. The van der Waals surface area contributed by atoms with Crippen LogP contribution in [0.3, 0.4) is 0 Å². The highest BCUT2D eigenvalue weighted by Crippen LogP contribution is 2.29. The average Bonchev–Trinajstić information content (AvgIpc) is 2.41. The average molecular weight is 265 g/mol. The SMILES string of the molecule is CCCOc1ncnc(N2CCNC(=O)C2C)c1N. The summed E-state index contributed by atoms with van der Waals surface area (Å²) in [6, 6.07) is -0.301. The fourth-order valence-corrected chi connectivity index (χ4v) is 1.99. The van der Waals surface area contributed by atoms with E-state index in [1.54, 1.807) is 0 Å². The van der Waals surface area contributed by atoms with Crippen molar-refractivity contribution in [3.63, 3.8) is 0 Å². The van der Waals surface area contributed by atoms with E-state index in [4.69, 9.17) is 10.5 Å². The molecule has 0 aliphatic carbocycles. The van der Waals surface area contributed by atoms with E-state index in [0.717, 1.165) is 6.42 Å². The molecule has 1 aromatic heterocycles. The van der Waals surface area contributed by atoms with E-state index in [1.165, 1.54) is 6.33 Å². The van der Waals surface area contributed by atoms with Gasteiger partial charge in [0.15, 0.2) is 5.82 Å². The molecule has 19 heavy (non-hydrogen) atoms. The zero-order valence-corrected chi connectivity index (χ0v) is 11.2. The Kier molecular flexibility index (Phi) is 4.03. The van der Waals surface area contributed by atoms with Crippen LogP contribution in [0.1, 0.15) is 20.3 Å². The summed E-state index contributed by atoms with van der Waals surface area (Å²) in [4.78, 5) is 21.8. The van der Waals surface area contributed by atoms with E-state index >= 15 is 0 Å². The molecule has 2 rings (SSSR count). The molecule has 1 atom stereocenters. The van der Waals surface area contributed by atoms with Gasteiger partial charge in [-0.15, -0.1) is 0 Å². The number of rotatable bonds is 4. The third-order valence-electron chi connectivity index (χ3n) is 3.04. The molecule has 1 amide bonds. The van der Waals surface area contributed by atoms with Gasteiger partial charge in [-0.25, -0.2) is 4.98 Å². The topological polar surface area (TPSA) is 93.4 Å². The standard InChI is InChI=1S/C12H19N5O2/c1-3-6-19-12-9(13)10(15-7-16-12)17-5-4-14-11(18)8(17)2/h7-8H,3-6,13H2,1-2H3,(H,14,18). The second-order valence-electron chi connectivity index (χ2n) is 4.42. The number of nitrogens with two attached hydrogens (primary N) is 1. The lowest BCUT2D eigenvalue weighted by molar-refractivity contribution is -0.122. The molecule has 0 radical (unpaired) electrons. The van der Waals surface area contributed by atoms with Crippen molar-refractivity contribution in [3.05, 3.63) is 6.33 Å². The van der Waals surface area contributed by atoms with Gasteiger partial charge in [-0.3, -0.25) is 4.79 Å². The van der Waals surface area contributed by atoms with Gasteiger partial charge < -0.3 is 20.7 Å².